The number of nitrogens with one attached hydrogen (secondary N) is 2. The van der Waals surface area contributed by atoms with Crippen molar-refractivity contribution in [1.82, 2.24) is 4.98 Å². The number of pyridine rings is 1. The van der Waals surface area contributed by atoms with Crippen LogP contribution in [0.3, 0.4) is 0 Å². The molecule has 4 nitrogen and oxygen atoms in total. The van der Waals surface area contributed by atoms with Gasteiger partial charge in [-0.1, -0.05) is 17.7 Å². The lowest BCUT2D eigenvalue weighted by molar-refractivity contribution is -0.114. The molecule has 0 bridgehead atoms. The Labute approximate surface area is 116 Å². The molecule has 19 heavy (non-hydrogen) atoms. The fourth-order valence-electron chi connectivity index (χ4n) is 1.61. The summed E-state index contributed by atoms with van der Waals surface area (Å²) >= 11 is 6.08. The van der Waals surface area contributed by atoms with E-state index in [0.29, 0.717) is 17.3 Å². The lowest BCUT2D eigenvalue weighted by Crippen LogP contribution is -2.06. The lowest BCUT2D eigenvalue weighted by Gasteiger charge is -2.09. The molecule has 1 aromatic carbocycles. The molecule has 0 aliphatic heterocycles. The number of nitrogens with zero attached hydrogens (tertiary/aromatic N) is 1. The highest BCUT2D eigenvalue weighted by molar-refractivity contribution is 6.34. The largest absolute Gasteiger partial charge is 0.379 e. The summed E-state index contributed by atoms with van der Waals surface area (Å²) in [5.41, 5.74) is 2.44. The number of anilines is 2. The number of hydrogen-bond acceptors (Lipinski definition) is 3. The van der Waals surface area contributed by atoms with Gasteiger partial charge in [0.15, 0.2) is 0 Å². The summed E-state index contributed by atoms with van der Waals surface area (Å²) in [4.78, 5) is 15.2. The standard InChI is InChI=1S/C14H14ClN3O/c1-10(19)18-14-6-5-11(8-13(14)15)17-9-12-4-2-3-7-16-12/h2-8,17H,9H2,1H3,(H,18,19). The van der Waals surface area contributed by atoms with E-state index >= 15 is 0 Å². The molecule has 0 unspecified atom stereocenters. The average molecular weight is 276 g/mol. The fraction of sp³-hybridized carbons (Fsp3) is 0.143. The summed E-state index contributed by atoms with van der Waals surface area (Å²) < 4.78 is 0. The molecule has 0 fully saturated rings. The van der Waals surface area contributed by atoms with Gasteiger partial charge in [0.2, 0.25) is 5.91 Å². The van der Waals surface area contributed by atoms with Crippen molar-refractivity contribution in [2.45, 2.75) is 13.5 Å². The molecule has 0 aliphatic rings. The fourth-order valence-corrected chi connectivity index (χ4v) is 1.84. The van der Waals surface area contributed by atoms with Crippen LogP contribution in [0.5, 0.6) is 0 Å². The molecular formula is C14H14ClN3O. The van der Waals surface area contributed by atoms with Gasteiger partial charge in [-0.15, -0.1) is 0 Å². The second-order valence-electron chi connectivity index (χ2n) is 4.05. The zero-order valence-electron chi connectivity index (χ0n) is 10.5. The van der Waals surface area contributed by atoms with Crippen molar-refractivity contribution in [3.8, 4) is 0 Å². The summed E-state index contributed by atoms with van der Waals surface area (Å²) in [7, 11) is 0. The second kappa shape index (κ2) is 6.20. The molecule has 1 amide bonds. The van der Waals surface area contributed by atoms with Gasteiger partial charge in [-0.2, -0.15) is 0 Å². The van der Waals surface area contributed by atoms with Crippen LogP contribution >= 0.6 is 11.6 Å². The maximum atomic E-state index is 11.0. The Balaban J connectivity index is 2.02. The van der Waals surface area contributed by atoms with Crippen molar-refractivity contribution in [3.05, 3.63) is 53.3 Å². The SMILES string of the molecule is CC(=O)Nc1ccc(NCc2ccccn2)cc1Cl. The zero-order valence-corrected chi connectivity index (χ0v) is 11.2. The molecule has 1 aromatic heterocycles. The molecule has 0 saturated carbocycles. The number of benzene rings is 1. The number of halogens is 1. The summed E-state index contributed by atoms with van der Waals surface area (Å²) in [5.74, 6) is -0.143. The molecule has 0 saturated heterocycles. The van der Waals surface area contributed by atoms with Crippen molar-refractivity contribution in [1.29, 1.82) is 0 Å². The summed E-state index contributed by atoms with van der Waals surface area (Å²) in [5, 5.41) is 6.39. The van der Waals surface area contributed by atoms with Gasteiger partial charge in [0.25, 0.3) is 0 Å². The van der Waals surface area contributed by atoms with E-state index in [2.05, 4.69) is 15.6 Å². The maximum Gasteiger partial charge on any atom is 0.221 e. The molecule has 98 valence electrons. The Bertz CT molecular complexity index is 572. The number of carbonyl (C=O) groups excluding carboxylic acids is 1. The smallest absolute Gasteiger partial charge is 0.221 e. The van der Waals surface area contributed by atoms with Crippen LogP contribution < -0.4 is 10.6 Å². The Morgan fingerprint density at radius 2 is 2.16 bits per heavy atom. The van der Waals surface area contributed by atoms with E-state index in [9.17, 15) is 4.79 Å². The van der Waals surface area contributed by atoms with Crippen LogP contribution in [0.25, 0.3) is 0 Å². The molecule has 0 radical (unpaired) electrons. The average Bonchev–Trinajstić information content (AvgIpc) is 2.40. The quantitative estimate of drug-likeness (QED) is 0.900. The first-order valence-corrected chi connectivity index (χ1v) is 6.24. The monoisotopic (exact) mass is 275 g/mol. The summed E-state index contributed by atoms with van der Waals surface area (Å²) in [6.07, 6.45) is 1.75. The van der Waals surface area contributed by atoms with Crippen LogP contribution in [0.15, 0.2) is 42.6 Å². The molecule has 2 aromatic rings. The molecule has 0 aliphatic carbocycles. The van der Waals surface area contributed by atoms with Gasteiger partial charge in [0, 0.05) is 18.8 Å². The molecule has 5 heteroatoms. The van der Waals surface area contributed by atoms with Crippen LogP contribution in [-0.2, 0) is 11.3 Å². The first-order valence-electron chi connectivity index (χ1n) is 5.86. The van der Waals surface area contributed by atoms with Gasteiger partial charge >= 0.3 is 0 Å². The first kappa shape index (κ1) is 13.4. The molecule has 2 N–H and O–H groups in total. The highest BCUT2D eigenvalue weighted by Crippen LogP contribution is 2.25. The molecule has 1 heterocycles. The normalized spacial score (nSPS) is 10.0. The van der Waals surface area contributed by atoms with E-state index < -0.39 is 0 Å². The Kier molecular flexibility index (Phi) is 4.36. The van der Waals surface area contributed by atoms with Crippen molar-refractivity contribution in [2.75, 3.05) is 10.6 Å². The van der Waals surface area contributed by atoms with Crippen LogP contribution in [0.4, 0.5) is 11.4 Å². The van der Waals surface area contributed by atoms with Gasteiger partial charge in [-0.05, 0) is 30.3 Å². The first-order chi connectivity index (χ1) is 9.15. The minimum Gasteiger partial charge on any atom is -0.379 e. The highest BCUT2D eigenvalue weighted by atomic mass is 35.5. The van der Waals surface area contributed by atoms with Gasteiger partial charge in [-0.25, -0.2) is 0 Å². The topological polar surface area (TPSA) is 54.0 Å². The zero-order chi connectivity index (χ0) is 13.7. The molecular weight excluding hydrogens is 262 g/mol. The lowest BCUT2D eigenvalue weighted by atomic mass is 10.2. The Hall–Kier alpha value is -2.07. The van der Waals surface area contributed by atoms with E-state index in [1.54, 1.807) is 18.3 Å². The number of amides is 1. The second-order valence-corrected chi connectivity index (χ2v) is 4.46. The third-order valence-electron chi connectivity index (χ3n) is 2.48. The maximum absolute atomic E-state index is 11.0. The van der Waals surface area contributed by atoms with Gasteiger partial charge < -0.3 is 10.6 Å². The van der Waals surface area contributed by atoms with Gasteiger partial charge in [0.05, 0.1) is 22.9 Å². The van der Waals surface area contributed by atoms with Crippen LogP contribution in [0.1, 0.15) is 12.6 Å². The third kappa shape index (κ3) is 3.96. The van der Waals surface area contributed by atoms with Crippen LogP contribution in [0.2, 0.25) is 5.02 Å². The number of aromatic nitrogens is 1. The number of hydrogen-bond donors (Lipinski definition) is 2. The molecule has 0 atom stereocenters. The van der Waals surface area contributed by atoms with E-state index in [1.807, 2.05) is 24.3 Å². The highest BCUT2D eigenvalue weighted by Gasteiger charge is 2.03. The van der Waals surface area contributed by atoms with E-state index in [-0.39, 0.29) is 5.91 Å². The predicted molar refractivity (Wildman–Crippen MR) is 77.3 cm³/mol. The van der Waals surface area contributed by atoms with E-state index in [4.69, 9.17) is 11.6 Å². The van der Waals surface area contributed by atoms with E-state index in [0.717, 1.165) is 11.4 Å². The number of carbonyl (C=O) groups is 1. The molecule has 2 rings (SSSR count). The van der Waals surface area contributed by atoms with Crippen molar-refractivity contribution in [2.24, 2.45) is 0 Å². The molecule has 0 spiro atoms. The minimum absolute atomic E-state index is 0.143. The predicted octanol–water partition coefficient (Wildman–Crippen LogP) is 3.31. The van der Waals surface area contributed by atoms with Gasteiger partial charge in [-0.3, -0.25) is 9.78 Å². The Morgan fingerprint density at radius 3 is 2.79 bits per heavy atom. The third-order valence-corrected chi connectivity index (χ3v) is 2.79. The van der Waals surface area contributed by atoms with Gasteiger partial charge in [0.1, 0.15) is 0 Å². The van der Waals surface area contributed by atoms with E-state index in [1.165, 1.54) is 6.92 Å². The van der Waals surface area contributed by atoms with Crippen molar-refractivity contribution >= 4 is 28.9 Å². The summed E-state index contributed by atoms with van der Waals surface area (Å²) in [6, 6.07) is 11.2. The minimum atomic E-state index is -0.143. The van der Waals surface area contributed by atoms with Crippen molar-refractivity contribution < 1.29 is 4.79 Å². The Morgan fingerprint density at radius 1 is 1.32 bits per heavy atom. The van der Waals surface area contributed by atoms with Crippen molar-refractivity contribution in [3.63, 3.8) is 0 Å². The number of rotatable bonds is 4. The van der Waals surface area contributed by atoms with Crippen LogP contribution in [-0.4, -0.2) is 10.9 Å². The summed E-state index contributed by atoms with van der Waals surface area (Å²) in [6.45, 7) is 2.07. The van der Waals surface area contributed by atoms with Crippen LogP contribution in [0, 0.1) is 0 Å².